The largest absolute Gasteiger partial charge is 0.371 e. The zero-order chi connectivity index (χ0) is 13.3. The standard InChI is InChI=1S/C13H20N2O2S/c1-10(9-14)15(2)12-5-6-13-11(8-12)4-3-7-18(13,16)17/h5-6,8,10H,3-4,7,9,14H2,1-2H3. The lowest BCUT2D eigenvalue weighted by Gasteiger charge is -2.27. The van der Waals surface area contributed by atoms with Gasteiger partial charge < -0.3 is 10.6 Å². The average Bonchev–Trinajstić information content (AvgIpc) is 2.36. The minimum absolute atomic E-state index is 0.239. The van der Waals surface area contributed by atoms with Crippen LogP contribution in [0.4, 0.5) is 5.69 Å². The summed E-state index contributed by atoms with van der Waals surface area (Å²) in [5.41, 5.74) is 7.62. The van der Waals surface area contributed by atoms with Crippen molar-refractivity contribution in [1.29, 1.82) is 0 Å². The molecule has 0 spiro atoms. The van der Waals surface area contributed by atoms with Crippen LogP contribution in [0, 0.1) is 0 Å². The van der Waals surface area contributed by atoms with Gasteiger partial charge in [-0.3, -0.25) is 0 Å². The van der Waals surface area contributed by atoms with Gasteiger partial charge in [0, 0.05) is 25.3 Å². The van der Waals surface area contributed by atoms with E-state index in [-0.39, 0.29) is 11.8 Å². The van der Waals surface area contributed by atoms with E-state index in [2.05, 4.69) is 11.8 Å². The number of benzene rings is 1. The first-order chi connectivity index (χ1) is 8.45. The molecule has 2 rings (SSSR count). The number of sulfone groups is 1. The molecule has 0 aromatic heterocycles. The van der Waals surface area contributed by atoms with E-state index < -0.39 is 9.84 Å². The van der Waals surface area contributed by atoms with Gasteiger partial charge in [0.25, 0.3) is 0 Å². The quantitative estimate of drug-likeness (QED) is 0.894. The summed E-state index contributed by atoms with van der Waals surface area (Å²) in [6, 6.07) is 5.83. The van der Waals surface area contributed by atoms with Crippen molar-refractivity contribution in [3.63, 3.8) is 0 Å². The van der Waals surface area contributed by atoms with E-state index >= 15 is 0 Å². The number of rotatable bonds is 3. The van der Waals surface area contributed by atoms with Gasteiger partial charge >= 0.3 is 0 Å². The summed E-state index contributed by atoms with van der Waals surface area (Å²) < 4.78 is 23.8. The van der Waals surface area contributed by atoms with Gasteiger partial charge in [-0.05, 0) is 43.5 Å². The van der Waals surface area contributed by atoms with Crippen molar-refractivity contribution in [1.82, 2.24) is 0 Å². The van der Waals surface area contributed by atoms with Gasteiger partial charge in [-0.25, -0.2) is 8.42 Å². The molecule has 1 atom stereocenters. The Balaban J connectivity index is 2.39. The maximum Gasteiger partial charge on any atom is 0.178 e. The van der Waals surface area contributed by atoms with Gasteiger partial charge in [0.1, 0.15) is 0 Å². The lowest BCUT2D eigenvalue weighted by molar-refractivity contribution is 0.586. The molecule has 0 radical (unpaired) electrons. The summed E-state index contributed by atoms with van der Waals surface area (Å²) in [5.74, 6) is 0.272. The maximum absolute atomic E-state index is 11.9. The second-order valence-electron chi connectivity index (χ2n) is 4.91. The van der Waals surface area contributed by atoms with Crippen molar-refractivity contribution in [2.45, 2.75) is 30.7 Å². The zero-order valence-electron chi connectivity index (χ0n) is 10.9. The molecule has 1 aromatic carbocycles. The van der Waals surface area contributed by atoms with E-state index in [9.17, 15) is 8.42 Å². The van der Waals surface area contributed by atoms with E-state index in [0.717, 1.165) is 24.1 Å². The first-order valence-corrected chi connectivity index (χ1v) is 7.89. The van der Waals surface area contributed by atoms with Crippen LogP contribution in [-0.4, -0.2) is 33.8 Å². The molecule has 0 saturated heterocycles. The van der Waals surface area contributed by atoms with Crippen LogP contribution in [0.25, 0.3) is 0 Å². The fourth-order valence-corrected chi connectivity index (χ4v) is 3.84. The zero-order valence-corrected chi connectivity index (χ0v) is 11.7. The lowest BCUT2D eigenvalue weighted by Crippen LogP contribution is -2.35. The third kappa shape index (κ3) is 2.37. The number of anilines is 1. The molecule has 1 aliphatic heterocycles. The highest BCUT2D eigenvalue weighted by molar-refractivity contribution is 7.91. The Morgan fingerprint density at radius 1 is 1.44 bits per heavy atom. The van der Waals surface area contributed by atoms with Crippen LogP contribution in [-0.2, 0) is 16.3 Å². The monoisotopic (exact) mass is 268 g/mol. The van der Waals surface area contributed by atoms with Crippen LogP contribution in [0.5, 0.6) is 0 Å². The summed E-state index contributed by atoms with van der Waals surface area (Å²) in [7, 11) is -1.07. The van der Waals surface area contributed by atoms with E-state index in [1.54, 1.807) is 6.07 Å². The third-order valence-corrected chi connectivity index (χ3v) is 5.54. The number of hydrogen-bond donors (Lipinski definition) is 1. The Bertz CT molecular complexity index is 540. The van der Waals surface area contributed by atoms with E-state index in [1.807, 2.05) is 19.2 Å². The van der Waals surface area contributed by atoms with E-state index in [1.165, 1.54) is 0 Å². The Labute approximate surface area is 109 Å². The van der Waals surface area contributed by atoms with Crippen molar-refractivity contribution < 1.29 is 8.42 Å². The second-order valence-corrected chi connectivity index (χ2v) is 6.99. The summed E-state index contributed by atoms with van der Waals surface area (Å²) in [5, 5.41) is 0. The molecule has 2 N–H and O–H groups in total. The van der Waals surface area contributed by atoms with Gasteiger partial charge in [-0.1, -0.05) is 0 Å². The van der Waals surface area contributed by atoms with Gasteiger partial charge in [0.2, 0.25) is 0 Å². The molecule has 4 nitrogen and oxygen atoms in total. The minimum atomic E-state index is -3.05. The number of aryl methyl sites for hydroxylation is 1. The van der Waals surface area contributed by atoms with Gasteiger partial charge in [0.05, 0.1) is 10.6 Å². The molecule has 5 heteroatoms. The van der Waals surface area contributed by atoms with Gasteiger partial charge in [-0.15, -0.1) is 0 Å². The molecule has 0 bridgehead atoms. The minimum Gasteiger partial charge on any atom is -0.371 e. The average molecular weight is 268 g/mol. The molecule has 100 valence electrons. The van der Waals surface area contributed by atoms with Crippen LogP contribution in [0.1, 0.15) is 18.9 Å². The number of nitrogens with zero attached hydrogens (tertiary/aromatic N) is 1. The van der Waals surface area contributed by atoms with E-state index in [0.29, 0.717) is 11.4 Å². The molecule has 0 amide bonds. The lowest BCUT2D eigenvalue weighted by atomic mass is 10.1. The molecule has 0 saturated carbocycles. The summed E-state index contributed by atoms with van der Waals surface area (Å²) in [6.45, 7) is 2.63. The predicted octanol–water partition coefficient (Wildman–Crippen LogP) is 1.19. The first-order valence-electron chi connectivity index (χ1n) is 6.24. The summed E-state index contributed by atoms with van der Waals surface area (Å²) in [4.78, 5) is 2.59. The van der Waals surface area contributed by atoms with Crippen LogP contribution in [0.15, 0.2) is 23.1 Å². The fourth-order valence-electron chi connectivity index (χ4n) is 2.26. The van der Waals surface area contributed by atoms with Crippen LogP contribution in [0.2, 0.25) is 0 Å². The van der Waals surface area contributed by atoms with E-state index in [4.69, 9.17) is 5.73 Å². The van der Waals surface area contributed by atoms with Crippen molar-refractivity contribution in [3.05, 3.63) is 23.8 Å². The normalized spacial score (nSPS) is 19.1. The molecule has 1 unspecified atom stereocenters. The second kappa shape index (κ2) is 4.90. The Morgan fingerprint density at radius 2 is 2.17 bits per heavy atom. The third-order valence-electron chi connectivity index (χ3n) is 3.65. The SMILES string of the molecule is CC(CN)N(C)c1ccc2c(c1)CCCS2(=O)=O. The smallest absolute Gasteiger partial charge is 0.178 e. The van der Waals surface area contributed by atoms with Gasteiger partial charge in [0.15, 0.2) is 9.84 Å². The van der Waals surface area contributed by atoms with Crippen molar-refractivity contribution in [2.24, 2.45) is 5.73 Å². The Morgan fingerprint density at radius 3 is 2.83 bits per heavy atom. The molecule has 1 aromatic rings. The molecular formula is C13H20N2O2S. The molecule has 0 fully saturated rings. The number of likely N-dealkylation sites (N-methyl/N-ethyl adjacent to an activating group) is 1. The first kappa shape index (κ1) is 13.4. The highest BCUT2D eigenvalue weighted by atomic mass is 32.2. The molecule has 0 aliphatic carbocycles. The number of nitrogens with two attached hydrogens (primary N) is 1. The highest BCUT2D eigenvalue weighted by Gasteiger charge is 2.24. The van der Waals surface area contributed by atoms with Crippen LogP contribution < -0.4 is 10.6 Å². The van der Waals surface area contributed by atoms with Crippen molar-refractivity contribution >= 4 is 15.5 Å². The predicted molar refractivity (Wildman–Crippen MR) is 73.7 cm³/mol. The van der Waals surface area contributed by atoms with Crippen molar-refractivity contribution in [2.75, 3.05) is 24.2 Å². The van der Waals surface area contributed by atoms with Crippen LogP contribution >= 0.6 is 0 Å². The Kier molecular flexibility index (Phi) is 3.64. The molecule has 1 heterocycles. The van der Waals surface area contributed by atoms with Crippen LogP contribution in [0.3, 0.4) is 0 Å². The number of fused-ring (bicyclic) bond motifs is 1. The topological polar surface area (TPSA) is 63.4 Å². The fraction of sp³-hybridized carbons (Fsp3) is 0.538. The summed E-state index contributed by atoms with van der Waals surface area (Å²) in [6.07, 6.45) is 1.56. The summed E-state index contributed by atoms with van der Waals surface area (Å²) >= 11 is 0. The Hall–Kier alpha value is -1.07. The molecule has 1 aliphatic rings. The maximum atomic E-state index is 11.9. The van der Waals surface area contributed by atoms with Gasteiger partial charge in [-0.2, -0.15) is 0 Å². The molecule has 18 heavy (non-hydrogen) atoms. The molecular weight excluding hydrogens is 248 g/mol. The highest BCUT2D eigenvalue weighted by Crippen LogP contribution is 2.29. The van der Waals surface area contributed by atoms with Crippen molar-refractivity contribution in [3.8, 4) is 0 Å². The number of hydrogen-bond acceptors (Lipinski definition) is 4.